The molecule has 2 aliphatic heterocycles. The molecule has 0 unspecified atom stereocenters. The molecule has 0 saturated carbocycles. The summed E-state index contributed by atoms with van der Waals surface area (Å²) in [5, 5.41) is 10.1. The van der Waals surface area contributed by atoms with E-state index in [-0.39, 0.29) is 0 Å². The maximum Gasteiger partial charge on any atom is 0.154 e. The number of aryl methyl sites for hydroxylation is 1. The van der Waals surface area contributed by atoms with Crippen LogP contribution in [0.4, 0.5) is 5.82 Å². The predicted octanol–water partition coefficient (Wildman–Crippen LogP) is 0.0993. The molecule has 5 nitrogen and oxygen atoms in total. The summed E-state index contributed by atoms with van der Waals surface area (Å²) in [6.07, 6.45) is 5.35. The molecule has 2 fully saturated rings. The van der Waals surface area contributed by atoms with Crippen LogP contribution >= 0.6 is 0 Å². The Morgan fingerprint density at radius 3 is 2.64 bits per heavy atom. The highest BCUT2D eigenvalue weighted by Crippen LogP contribution is 2.39. The summed E-state index contributed by atoms with van der Waals surface area (Å²) >= 11 is 0. The number of anilines is 1. The van der Waals surface area contributed by atoms with E-state index >= 15 is 0 Å². The van der Waals surface area contributed by atoms with Crippen LogP contribution in [0, 0.1) is 12.3 Å². The van der Waals surface area contributed by atoms with Crippen LogP contribution < -0.4 is 16.2 Å². The van der Waals surface area contributed by atoms with Crippen molar-refractivity contribution in [2.24, 2.45) is 5.41 Å². The fraction of sp³-hybridized carbons (Fsp3) is 0.529. The van der Waals surface area contributed by atoms with Crippen LogP contribution in [0.3, 0.4) is 0 Å². The average molecular weight is 299 g/mol. The Morgan fingerprint density at radius 2 is 2.00 bits per heavy atom. The zero-order valence-electron chi connectivity index (χ0n) is 13.8. The lowest BCUT2D eigenvalue weighted by atomic mass is 9.79. The maximum absolute atomic E-state index is 6.03. The zero-order valence-corrected chi connectivity index (χ0v) is 13.8. The molecule has 0 amide bonds. The van der Waals surface area contributed by atoms with Crippen LogP contribution in [0.25, 0.3) is 12.2 Å². The Bertz CT molecular complexity index is 715. The van der Waals surface area contributed by atoms with Crippen molar-refractivity contribution < 1.29 is 0 Å². The molecule has 2 aliphatic rings. The predicted molar refractivity (Wildman–Crippen MR) is 90.3 cm³/mol. The highest BCUT2D eigenvalue weighted by Gasteiger charge is 2.46. The van der Waals surface area contributed by atoms with E-state index < -0.39 is 0 Å². The number of nitrogen functional groups attached to an aromatic ring is 1. The van der Waals surface area contributed by atoms with Gasteiger partial charge in [0, 0.05) is 47.7 Å². The second-order valence-corrected chi connectivity index (χ2v) is 6.77. The van der Waals surface area contributed by atoms with Gasteiger partial charge >= 0.3 is 0 Å². The molecule has 1 aromatic rings. The summed E-state index contributed by atoms with van der Waals surface area (Å²) in [5.41, 5.74) is 8.43. The second kappa shape index (κ2) is 5.39. The fourth-order valence-corrected chi connectivity index (χ4v) is 3.88. The average Bonchev–Trinajstić information content (AvgIpc) is 2.88. The molecule has 0 radical (unpaired) electrons. The molecule has 1 spiro atoms. The number of rotatable bonds is 2. The number of hydrogen-bond donors (Lipinski definition) is 1. The minimum Gasteiger partial charge on any atom is -0.382 e. The van der Waals surface area contributed by atoms with Gasteiger partial charge in [0.25, 0.3) is 0 Å². The van der Waals surface area contributed by atoms with E-state index in [1.54, 1.807) is 0 Å². The van der Waals surface area contributed by atoms with Gasteiger partial charge in [0.1, 0.15) is 0 Å². The van der Waals surface area contributed by atoms with Gasteiger partial charge < -0.3 is 15.5 Å². The molecular formula is C17H25N5. The number of aromatic nitrogens is 2. The molecular weight excluding hydrogens is 274 g/mol. The van der Waals surface area contributed by atoms with Crippen molar-refractivity contribution in [3.05, 3.63) is 28.4 Å². The summed E-state index contributed by atoms with van der Waals surface area (Å²) in [6, 6.07) is 0. The molecule has 118 valence electrons. The molecule has 0 atom stereocenters. The third-order valence-electron chi connectivity index (χ3n) is 4.92. The van der Waals surface area contributed by atoms with Crippen LogP contribution in [0.1, 0.15) is 19.0 Å². The van der Waals surface area contributed by atoms with Gasteiger partial charge in [0.2, 0.25) is 0 Å². The summed E-state index contributed by atoms with van der Waals surface area (Å²) < 4.78 is 0. The minimum absolute atomic E-state index is 0.470. The first-order chi connectivity index (χ1) is 10.4. The summed E-state index contributed by atoms with van der Waals surface area (Å²) in [7, 11) is 2.18. The fourth-order valence-electron chi connectivity index (χ4n) is 3.88. The summed E-state index contributed by atoms with van der Waals surface area (Å²) in [6.45, 7) is 12.8. The smallest absolute Gasteiger partial charge is 0.154 e. The monoisotopic (exact) mass is 299 g/mol. The largest absolute Gasteiger partial charge is 0.382 e. The highest BCUT2D eigenvalue weighted by molar-refractivity contribution is 5.52. The Balaban J connectivity index is 1.88. The first-order valence-electron chi connectivity index (χ1n) is 7.83. The molecule has 22 heavy (non-hydrogen) atoms. The number of likely N-dealkylation sites (tertiary alicyclic amines) is 2. The Hall–Kier alpha value is -1.88. The molecule has 3 rings (SSSR count). The van der Waals surface area contributed by atoms with Crippen molar-refractivity contribution in [1.82, 2.24) is 20.0 Å². The number of nitrogens with zero attached hydrogens (tertiary/aromatic N) is 4. The molecule has 0 bridgehead atoms. The number of nitrogens with two attached hydrogens (primary N) is 1. The SMILES string of the molecule is C=C(/C=c1/c(N)nnc(C)/c1=C/C)N1CCC2(CN(C)C2)C1. The van der Waals surface area contributed by atoms with Crippen molar-refractivity contribution in [3.8, 4) is 0 Å². The van der Waals surface area contributed by atoms with Crippen LogP contribution in [0.15, 0.2) is 12.3 Å². The standard InChI is InChI=1S/C17H25N5/c1-5-14-13(3)19-20-16(18)15(14)8-12(2)22-7-6-17(11-22)9-21(4)10-17/h5,8H,2,6-7,9-11H2,1,3-4H3,(H2,18,20)/b14-5-,15-8+. The van der Waals surface area contributed by atoms with Crippen LogP contribution in [0.2, 0.25) is 0 Å². The quantitative estimate of drug-likeness (QED) is 0.839. The molecule has 0 aromatic carbocycles. The number of hydrogen-bond acceptors (Lipinski definition) is 5. The van der Waals surface area contributed by atoms with Crippen LogP contribution in [0.5, 0.6) is 0 Å². The third-order valence-corrected chi connectivity index (χ3v) is 4.92. The van der Waals surface area contributed by atoms with Gasteiger partial charge in [0.05, 0.1) is 5.69 Å². The molecule has 2 N–H and O–H groups in total. The third kappa shape index (κ3) is 2.50. The Kier molecular flexibility index (Phi) is 3.68. The van der Waals surface area contributed by atoms with E-state index in [0.29, 0.717) is 11.2 Å². The molecule has 1 aromatic heterocycles. The van der Waals surface area contributed by atoms with E-state index in [1.165, 1.54) is 19.5 Å². The van der Waals surface area contributed by atoms with Crippen molar-refractivity contribution in [2.45, 2.75) is 20.3 Å². The molecule has 3 heterocycles. The first-order valence-corrected chi connectivity index (χ1v) is 7.83. The normalized spacial score (nSPS) is 22.4. The van der Waals surface area contributed by atoms with E-state index in [4.69, 9.17) is 5.73 Å². The lowest BCUT2D eigenvalue weighted by molar-refractivity contribution is 0.0339. The Labute approximate surface area is 131 Å². The topological polar surface area (TPSA) is 58.3 Å². The van der Waals surface area contributed by atoms with Gasteiger partial charge in [-0.05, 0) is 33.4 Å². The molecule has 0 aliphatic carbocycles. The van der Waals surface area contributed by atoms with Crippen molar-refractivity contribution in [2.75, 3.05) is 39.0 Å². The van der Waals surface area contributed by atoms with Gasteiger partial charge in [-0.3, -0.25) is 0 Å². The lowest BCUT2D eigenvalue weighted by Gasteiger charge is -2.46. The van der Waals surface area contributed by atoms with E-state index in [2.05, 4.69) is 39.7 Å². The van der Waals surface area contributed by atoms with E-state index in [0.717, 1.165) is 34.9 Å². The van der Waals surface area contributed by atoms with Gasteiger partial charge in [-0.25, -0.2) is 0 Å². The van der Waals surface area contributed by atoms with Gasteiger partial charge in [0.15, 0.2) is 5.82 Å². The van der Waals surface area contributed by atoms with Crippen LogP contribution in [-0.4, -0.2) is 53.2 Å². The summed E-state index contributed by atoms with van der Waals surface area (Å²) in [5.74, 6) is 0.470. The highest BCUT2D eigenvalue weighted by atomic mass is 15.3. The van der Waals surface area contributed by atoms with Gasteiger partial charge in [-0.1, -0.05) is 12.7 Å². The van der Waals surface area contributed by atoms with E-state index in [1.807, 2.05) is 19.9 Å². The summed E-state index contributed by atoms with van der Waals surface area (Å²) in [4.78, 5) is 4.76. The van der Waals surface area contributed by atoms with Gasteiger partial charge in [-0.15, -0.1) is 5.10 Å². The van der Waals surface area contributed by atoms with Crippen molar-refractivity contribution in [3.63, 3.8) is 0 Å². The zero-order chi connectivity index (χ0) is 15.9. The van der Waals surface area contributed by atoms with E-state index in [9.17, 15) is 0 Å². The number of allylic oxidation sites excluding steroid dienone is 1. The van der Waals surface area contributed by atoms with Gasteiger partial charge in [-0.2, -0.15) is 5.10 Å². The van der Waals surface area contributed by atoms with Crippen molar-refractivity contribution in [1.29, 1.82) is 0 Å². The molecule has 2 saturated heterocycles. The van der Waals surface area contributed by atoms with Crippen LogP contribution in [-0.2, 0) is 0 Å². The second-order valence-electron chi connectivity index (χ2n) is 6.77. The first kappa shape index (κ1) is 15.0. The minimum atomic E-state index is 0.470. The maximum atomic E-state index is 6.03. The lowest BCUT2D eigenvalue weighted by Crippen LogP contribution is -2.55. The molecule has 5 heteroatoms. The van der Waals surface area contributed by atoms with Crippen molar-refractivity contribution >= 4 is 18.0 Å². The Morgan fingerprint density at radius 1 is 1.27 bits per heavy atom.